The number of aryl methyl sites for hydroxylation is 1. The van der Waals surface area contributed by atoms with Crippen molar-refractivity contribution in [3.05, 3.63) is 41.2 Å². The molecule has 0 aromatic heterocycles. The number of benzene rings is 1. The number of carbonyl (C=O) groups is 1. The van der Waals surface area contributed by atoms with Gasteiger partial charge < -0.3 is 15.4 Å². The molecule has 0 amide bonds. The number of nitrogens with zero attached hydrogens (tertiary/aromatic N) is 3. The molecular formula is C17H20N6O4S2. The Hall–Kier alpha value is -2.88. The number of hydrogen-bond acceptors (Lipinski definition) is 8. The molecule has 154 valence electrons. The monoisotopic (exact) mass is 436 g/mol. The van der Waals surface area contributed by atoms with Crippen LogP contribution in [0.5, 0.6) is 0 Å². The SMILES string of the molecule is CCOC(=O)/C(C#N)=C1\NC(SC)=N/C(=N\CNS(=O)(=O)c2ccc(C)cc2)N1. The fourth-order valence-corrected chi connectivity index (χ4v) is 3.38. The molecule has 10 nitrogen and oxygen atoms in total. The summed E-state index contributed by atoms with van der Waals surface area (Å²) >= 11 is 1.23. The van der Waals surface area contributed by atoms with Crippen LogP contribution in [0.15, 0.2) is 50.5 Å². The number of amidine groups is 1. The minimum Gasteiger partial charge on any atom is -0.462 e. The van der Waals surface area contributed by atoms with Crippen LogP contribution >= 0.6 is 11.8 Å². The fourth-order valence-electron chi connectivity index (χ4n) is 2.10. The molecule has 0 atom stereocenters. The van der Waals surface area contributed by atoms with Crippen LogP contribution in [-0.2, 0) is 19.6 Å². The Bertz CT molecular complexity index is 1010. The number of nitriles is 1. The van der Waals surface area contributed by atoms with E-state index in [0.29, 0.717) is 5.17 Å². The van der Waals surface area contributed by atoms with E-state index in [4.69, 9.17) is 4.74 Å². The lowest BCUT2D eigenvalue weighted by Crippen LogP contribution is -2.42. The molecule has 1 heterocycles. The largest absolute Gasteiger partial charge is 0.462 e. The zero-order valence-corrected chi connectivity index (χ0v) is 17.6. The van der Waals surface area contributed by atoms with Gasteiger partial charge in [0, 0.05) is 0 Å². The molecule has 1 aromatic rings. The highest BCUT2D eigenvalue weighted by Gasteiger charge is 2.22. The van der Waals surface area contributed by atoms with Gasteiger partial charge in [0.05, 0.1) is 11.5 Å². The quantitative estimate of drug-likeness (QED) is 0.337. The van der Waals surface area contributed by atoms with Crippen molar-refractivity contribution in [2.75, 3.05) is 19.5 Å². The van der Waals surface area contributed by atoms with Crippen molar-refractivity contribution in [2.24, 2.45) is 9.98 Å². The first-order valence-electron chi connectivity index (χ1n) is 8.39. The number of ether oxygens (including phenoxy) is 1. The lowest BCUT2D eigenvalue weighted by Gasteiger charge is -2.20. The summed E-state index contributed by atoms with van der Waals surface area (Å²) in [5, 5.41) is 15.2. The Kier molecular flexibility index (Phi) is 7.77. The van der Waals surface area contributed by atoms with Gasteiger partial charge in [-0.15, -0.1) is 0 Å². The summed E-state index contributed by atoms with van der Waals surface area (Å²) in [6.45, 7) is 3.30. The van der Waals surface area contributed by atoms with E-state index in [1.807, 2.05) is 6.92 Å². The molecule has 0 bridgehead atoms. The molecule has 3 N–H and O–H groups in total. The zero-order valence-electron chi connectivity index (χ0n) is 16.0. The minimum absolute atomic E-state index is 0.0340. The molecule has 0 aliphatic carbocycles. The third kappa shape index (κ3) is 6.05. The number of esters is 1. The van der Waals surface area contributed by atoms with Gasteiger partial charge >= 0.3 is 5.97 Å². The number of guanidine groups is 1. The highest BCUT2D eigenvalue weighted by Crippen LogP contribution is 2.11. The molecule has 0 fully saturated rings. The molecule has 0 spiro atoms. The van der Waals surface area contributed by atoms with Crippen LogP contribution in [-0.4, -0.2) is 45.0 Å². The predicted octanol–water partition coefficient (Wildman–Crippen LogP) is 0.797. The first kappa shape index (κ1) is 22.4. The minimum atomic E-state index is -3.74. The van der Waals surface area contributed by atoms with Crippen molar-refractivity contribution >= 4 is 38.9 Å². The van der Waals surface area contributed by atoms with Crippen LogP contribution in [0.2, 0.25) is 0 Å². The number of thioether (sulfide) groups is 1. The van der Waals surface area contributed by atoms with Gasteiger partial charge in [-0.1, -0.05) is 29.5 Å². The van der Waals surface area contributed by atoms with Crippen molar-refractivity contribution in [2.45, 2.75) is 18.7 Å². The number of nitrogens with one attached hydrogen (secondary N) is 3. The van der Waals surface area contributed by atoms with Crippen LogP contribution in [0, 0.1) is 18.3 Å². The standard InChI is InChI=1S/C17H20N6O4S2/c1-4-27-15(24)13(9-18)14-21-16(23-17(22-14)28-3)19-10-20-29(25,26)12-7-5-11(2)6-8-12/h5-8,20H,4,10H2,1-3H3,(H2,19,21,22,23)/b14-13-. The van der Waals surface area contributed by atoms with Crippen molar-refractivity contribution in [1.29, 1.82) is 5.26 Å². The van der Waals surface area contributed by atoms with Gasteiger partial charge in [-0.3, -0.25) is 0 Å². The van der Waals surface area contributed by atoms with Crippen molar-refractivity contribution in [3.8, 4) is 6.07 Å². The number of sulfonamides is 1. The van der Waals surface area contributed by atoms with E-state index in [1.54, 1.807) is 31.4 Å². The average molecular weight is 437 g/mol. The number of hydrogen-bond donors (Lipinski definition) is 3. The van der Waals surface area contributed by atoms with Gasteiger partial charge in [-0.05, 0) is 32.2 Å². The van der Waals surface area contributed by atoms with Gasteiger partial charge in [0.25, 0.3) is 0 Å². The summed E-state index contributed by atoms with van der Waals surface area (Å²) in [5.74, 6) is -0.705. The normalized spacial score (nSPS) is 16.9. The van der Waals surface area contributed by atoms with Crippen LogP contribution in [0.25, 0.3) is 0 Å². The van der Waals surface area contributed by atoms with E-state index in [-0.39, 0.29) is 35.5 Å². The Balaban J connectivity index is 2.20. The Morgan fingerprint density at radius 1 is 1.34 bits per heavy atom. The second kappa shape index (κ2) is 10.1. The van der Waals surface area contributed by atoms with Gasteiger partial charge in [0.2, 0.25) is 16.0 Å². The van der Waals surface area contributed by atoms with Gasteiger partial charge in [0.15, 0.2) is 10.7 Å². The van der Waals surface area contributed by atoms with Crippen molar-refractivity contribution in [1.82, 2.24) is 15.4 Å². The van der Waals surface area contributed by atoms with E-state index in [0.717, 1.165) is 5.56 Å². The Labute approximate surface area is 173 Å². The molecule has 29 heavy (non-hydrogen) atoms. The highest BCUT2D eigenvalue weighted by molar-refractivity contribution is 8.13. The molecular weight excluding hydrogens is 416 g/mol. The van der Waals surface area contributed by atoms with Crippen LogP contribution in [0.4, 0.5) is 0 Å². The first-order valence-corrected chi connectivity index (χ1v) is 11.1. The third-order valence-electron chi connectivity index (χ3n) is 3.53. The molecule has 0 saturated carbocycles. The number of rotatable bonds is 6. The summed E-state index contributed by atoms with van der Waals surface area (Å²) < 4.78 is 31.8. The van der Waals surface area contributed by atoms with Crippen LogP contribution in [0.1, 0.15) is 12.5 Å². The second-order valence-corrected chi connectivity index (χ2v) is 8.12. The molecule has 0 radical (unpaired) electrons. The van der Waals surface area contributed by atoms with E-state index in [1.165, 1.54) is 23.9 Å². The van der Waals surface area contributed by atoms with E-state index in [2.05, 4.69) is 25.3 Å². The molecule has 0 saturated heterocycles. The molecule has 12 heteroatoms. The maximum Gasteiger partial charge on any atom is 0.352 e. The lowest BCUT2D eigenvalue weighted by molar-refractivity contribution is -0.138. The van der Waals surface area contributed by atoms with E-state index < -0.39 is 16.0 Å². The smallest absolute Gasteiger partial charge is 0.352 e. The molecule has 1 aliphatic rings. The number of carbonyl (C=O) groups excluding carboxylic acids is 1. The van der Waals surface area contributed by atoms with Gasteiger partial charge in [-0.2, -0.15) is 15.0 Å². The lowest BCUT2D eigenvalue weighted by atomic mass is 10.2. The summed E-state index contributed by atoms with van der Waals surface area (Å²) in [7, 11) is -3.74. The van der Waals surface area contributed by atoms with Gasteiger partial charge in [0.1, 0.15) is 18.6 Å². The first-order chi connectivity index (χ1) is 13.8. The molecule has 0 unspecified atom stereocenters. The van der Waals surface area contributed by atoms with Crippen molar-refractivity contribution in [3.63, 3.8) is 0 Å². The maximum atomic E-state index is 12.3. The zero-order chi connectivity index (χ0) is 21.4. The topological polar surface area (TPSA) is 145 Å². The second-order valence-electron chi connectivity index (χ2n) is 5.55. The molecule has 2 rings (SSSR count). The molecule has 1 aromatic carbocycles. The molecule has 1 aliphatic heterocycles. The van der Waals surface area contributed by atoms with Crippen LogP contribution < -0.4 is 15.4 Å². The number of aliphatic imine (C=N–C) groups is 2. The maximum absolute atomic E-state index is 12.3. The van der Waals surface area contributed by atoms with Gasteiger partial charge in [-0.25, -0.2) is 18.2 Å². The fraction of sp³-hybridized carbons (Fsp3) is 0.294. The Morgan fingerprint density at radius 2 is 2.03 bits per heavy atom. The van der Waals surface area contributed by atoms with Crippen LogP contribution in [0.3, 0.4) is 0 Å². The predicted molar refractivity (Wildman–Crippen MR) is 110 cm³/mol. The highest BCUT2D eigenvalue weighted by atomic mass is 32.2. The van der Waals surface area contributed by atoms with E-state index >= 15 is 0 Å². The average Bonchev–Trinajstić information content (AvgIpc) is 2.69. The summed E-state index contributed by atoms with van der Waals surface area (Å²) in [6.07, 6.45) is 1.74. The summed E-state index contributed by atoms with van der Waals surface area (Å²) in [4.78, 5) is 20.3. The Morgan fingerprint density at radius 3 is 2.62 bits per heavy atom. The van der Waals surface area contributed by atoms with Crippen molar-refractivity contribution < 1.29 is 17.9 Å². The summed E-state index contributed by atoms with van der Waals surface area (Å²) in [5.41, 5.74) is 0.664. The van der Waals surface area contributed by atoms with E-state index in [9.17, 15) is 18.5 Å². The summed E-state index contributed by atoms with van der Waals surface area (Å²) in [6, 6.07) is 8.16. The third-order valence-corrected chi connectivity index (χ3v) is 5.51.